The number of hydrogen-bond acceptors (Lipinski definition) is 4. The van der Waals surface area contributed by atoms with Gasteiger partial charge in [0.05, 0.1) is 13.7 Å². The van der Waals surface area contributed by atoms with Crippen LogP contribution in [0.25, 0.3) is 0 Å². The maximum Gasteiger partial charge on any atom is 0.127 e. The molecule has 1 aliphatic rings. The lowest BCUT2D eigenvalue weighted by atomic mass is 10.2. The molecule has 1 aromatic carbocycles. The van der Waals surface area contributed by atoms with Crippen LogP contribution in [-0.2, 0) is 6.54 Å². The first-order valence-electron chi connectivity index (χ1n) is 6.85. The van der Waals surface area contributed by atoms with E-state index in [1.807, 2.05) is 23.9 Å². The van der Waals surface area contributed by atoms with E-state index in [9.17, 15) is 0 Å². The summed E-state index contributed by atoms with van der Waals surface area (Å²) in [5, 5.41) is 3.53. The zero-order chi connectivity index (χ0) is 13.5. The average molecular weight is 281 g/mol. The largest absolute Gasteiger partial charge is 0.497 e. The van der Waals surface area contributed by atoms with Crippen LogP contribution in [0.5, 0.6) is 11.5 Å². The first kappa shape index (κ1) is 14.5. The molecule has 19 heavy (non-hydrogen) atoms. The van der Waals surface area contributed by atoms with Crippen LogP contribution in [-0.4, -0.2) is 31.8 Å². The van der Waals surface area contributed by atoms with E-state index < -0.39 is 0 Å². The topological polar surface area (TPSA) is 30.5 Å². The van der Waals surface area contributed by atoms with Gasteiger partial charge in [0, 0.05) is 24.2 Å². The molecule has 1 saturated carbocycles. The Bertz CT molecular complexity index is 394. The second-order valence-electron chi connectivity index (χ2n) is 4.82. The third-order valence-electron chi connectivity index (χ3n) is 3.18. The third kappa shape index (κ3) is 4.96. The fourth-order valence-electron chi connectivity index (χ4n) is 1.87. The summed E-state index contributed by atoms with van der Waals surface area (Å²) < 4.78 is 11.2. The van der Waals surface area contributed by atoms with E-state index in [4.69, 9.17) is 9.47 Å². The van der Waals surface area contributed by atoms with Crippen LogP contribution < -0.4 is 14.8 Å². The molecule has 4 heteroatoms. The zero-order valence-corrected chi connectivity index (χ0v) is 12.6. The lowest BCUT2D eigenvalue weighted by Crippen LogP contribution is -2.16. The van der Waals surface area contributed by atoms with E-state index in [0.717, 1.165) is 36.8 Å². The minimum absolute atomic E-state index is 0.714. The lowest BCUT2D eigenvalue weighted by molar-refractivity contribution is 0.311. The van der Waals surface area contributed by atoms with Crippen LogP contribution in [0.1, 0.15) is 24.8 Å². The molecule has 0 spiro atoms. The summed E-state index contributed by atoms with van der Waals surface area (Å²) in [4.78, 5) is 0. The van der Waals surface area contributed by atoms with E-state index in [1.165, 1.54) is 18.4 Å². The van der Waals surface area contributed by atoms with Crippen molar-refractivity contribution in [3.63, 3.8) is 0 Å². The lowest BCUT2D eigenvalue weighted by Gasteiger charge is -2.13. The fourth-order valence-corrected chi connectivity index (χ4v) is 2.28. The Kier molecular flexibility index (Phi) is 5.86. The molecule has 1 aliphatic carbocycles. The highest BCUT2D eigenvalue weighted by atomic mass is 32.2. The van der Waals surface area contributed by atoms with Crippen LogP contribution >= 0.6 is 11.8 Å². The SMILES string of the molecule is COc1ccc(CNC2CC2)c(OCCCSC)c1. The highest BCUT2D eigenvalue weighted by molar-refractivity contribution is 7.98. The maximum absolute atomic E-state index is 5.90. The molecule has 106 valence electrons. The van der Waals surface area contributed by atoms with Gasteiger partial charge in [0.25, 0.3) is 0 Å². The Balaban J connectivity index is 1.93. The third-order valence-corrected chi connectivity index (χ3v) is 3.88. The van der Waals surface area contributed by atoms with Crippen molar-refractivity contribution in [2.24, 2.45) is 0 Å². The molecule has 0 aliphatic heterocycles. The average Bonchev–Trinajstić information content (AvgIpc) is 3.26. The highest BCUT2D eigenvalue weighted by Crippen LogP contribution is 2.26. The molecule has 0 heterocycles. The second-order valence-corrected chi connectivity index (χ2v) is 5.81. The molecule has 0 aromatic heterocycles. The summed E-state index contributed by atoms with van der Waals surface area (Å²) in [6, 6.07) is 6.80. The van der Waals surface area contributed by atoms with Crippen LogP contribution in [0.3, 0.4) is 0 Å². The number of hydrogen-bond donors (Lipinski definition) is 1. The summed E-state index contributed by atoms with van der Waals surface area (Å²) in [5.41, 5.74) is 1.22. The molecular formula is C15H23NO2S. The number of rotatable bonds is 9. The Labute approximate surface area is 120 Å². The molecule has 0 atom stereocenters. The van der Waals surface area contributed by atoms with Crippen molar-refractivity contribution in [1.29, 1.82) is 0 Å². The van der Waals surface area contributed by atoms with Gasteiger partial charge in [-0.1, -0.05) is 6.07 Å². The Hall–Kier alpha value is -0.870. The van der Waals surface area contributed by atoms with Gasteiger partial charge in [-0.2, -0.15) is 11.8 Å². The highest BCUT2D eigenvalue weighted by Gasteiger charge is 2.20. The summed E-state index contributed by atoms with van der Waals surface area (Å²) in [6.07, 6.45) is 5.81. The Morgan fingerprint density at radius 2 is 2.21 bits per heavy atom. The fraction of sp³-hybridized carbons (Fsp3) is 0.600. The molecule has 0 radical (unpaired) electrons. The first-order chi connectivity index (χ1) is 9.33. The molecule has 1 N–H and O–H groups in total. The van der Waals surface area contributed by atoms with Crippen molar-refractivity contribution in [3.05, 3.63) is 23.8 Å². The van der Waals surface area contributed by atoms with Gasteiger partial charge in [-0.3, -0.25) is 0 Å². The maximum atomic E-state index is 5.90. The predicted molar refractivity (Wildman–Crippen MR) is 81.3 cm³/mol. The summed E-state index contributed by atoms with van der Waals surface area (Å²) in [7, 11) is 1.69. The minimum Gasteiger partial charge on any atom is -0.497 e. The summed E-state index contributed by atoms with van der Waals surface area (Å²) in [6.45, 7) is 1.65. The normalized spacial score (nSPS) is 14.4. The van der Waals surface area contributed by atoms with Crippen LogP contribution in [0.15, 0.2) is 18.2 Å². The molecule has 1 aromatic rings. The number of ether oxygens (including phenoxy) is 2. The predicted octanol–water partition coefficient (Wildman–Crippen LogP) is 3.08. The molecule has 0 saturated heterocycles. The van der Waals surface area contributed by atoms with Gasteiger partial charge in [0.2, 0.25) is 0 Å². The van der Waals surface area contributed by atoms with E-state index in [2.05, 4.69) is 17.6 Å². The molecular weight excluding hydrogens is 258 g/mol. The number of nitrogens with one attached hydrogen (secondary N) is 1. The smallest absolute Gasteiger partial charge is 0.127 e. The Morgan fingerprint density at radius 1 is 1.37 bits per heavy atom. The Morgan fingerprint density at radius 3 is 2.89 bits per heavy atom. The molecule has 0 amide bonds. The summed E-state index contributed by atoms with van der Waals surface area (Å²) in [5.74, 6) is 2.95. The van der Waals surface area contributed by atoms with Gasteiger partial charge in [0.1, 0.15) is 11.5 Å². The van der Waals surface area contributed by atoms with Gasteiger partial charge < -0.3 is 14.8 Å². The van der Waals surface area contributed by atoms with E-state index in [1.54, 1.807) is 7.11 Å². The van der Waals surface area contributed by atoms with Crippen molar-refractivity contribution in [1.82, 2.24) is 5.32 Å². The minimum atomic E-state index is 0.714. The van der Waals surface area contributed by atoms with Crippen LogP contribution in [0.4, 0.5) is 0 Å². The molecule has 2 rings (SSSR count). The van der Waals surface area contributed by atoms with Crippen molar-refractivity contribution in [2.75, 3.05) is 25.7 Å². The van der Waals surface area contributed by atoms with E-state index in [0.29, 0.717) is 6.04 Å². The van der Waals surface area contributed by atoms with E-state index >= 15 is 0 Å². The number of benzene rings is 1. The van der Waals surface area contributed by atoms with Gasteiger partial charge in [0.15, 0.2) is 0 Å². The number of thioether (sulfide) groups is 1. The molecule has 0 unspecified atom stereocenters. The van der Waals surface area contributed by atoms with Crippen molar-refractivity contribution < 1.29 is 9.47 Å². The van der Waals surface area contributed by atoms with Crippen LogP contribution in [0, 0.1) is 0 Å². The van der Waals surface area contributed by atoms with Crippen molar-refractivity contribution in [3.8, 4) is 11.5 Å². The van der Waals surface area contributed by atoms with Gasteiger partial charge in [-0.05, 0) is 37.3 Å². The van der Waals surface area contributed by atoms with Crippen LogP contribution in [0.2, 0.25) is 0 Å². The first-order valence-corrected chi connectivity index (χ1v) is 8.25. The van der Waals surface area contributed by atoms with Crippen molar-refractivity contribution >= 4 is 11.8 Å². The zero-order valence-electron chi connectivity index (χ0n) is 11.8. The van der Waals surface area contributed by atoms with Crippen molar-refractivity contribution in [2.45, 2.75) is 31.8 Å². The molecule has 0 bridgehead atoms. The molecule has 1 fully saturated rings. The van der Waals surface area contributed by atoms with E-state index in [-0.39, 0.29) is 0 Å². The second kappa shape index (κ2) is 7.65. The quantitative estimate of drug-likeness (QED) is 0.705. The van der Waals surface area contributed by atoms with Gasteiger partial charge in [-0.25, -0.2) is 0 Å². The van der Waals surface area contributed by atoms with Gasteiger partial charge in [-0.15, -0.1) is 0 Å². The standard InChI is InChI=1S/C15H23NO2S/c1-17-14-7-4-12(11-16-13-5-6-13)15(10-14)18-8-3-9-19-2/h4,7,10,13,16H,3,5-6,8-9,11H2,1-2H3. The molecule has 3 nitrogen and oxygen atoms in total. The van der Waals surface area contributed by atoms with Gasteiger partial charge >= 0.3 is 0 Å². The summed E-state index contributed by atoms with van der Waals surface area (Å²) >= 11 is 1.85. The number of methoxy groups -OCH3 is 1. The monoisotopic (exact) mass is 281 g/mol.